The predicted molar refractivity (Wildman–Crippen MR) is 39.7 cm³/mol. The second kappa shape index (κ2) is 3.36. The van der Waals surface area contributed by atoms with E-state index in [1.54, 1.807) is 6.08 Å². The van der Waals surface area contributed by atoms with Crippen LogP contribution >= 0.6 is 0 Å². The van der Waals surface area contributed by atoms with Crippen molar-refractivity contribution in [2.24, 2.45) is 0 Å². The lowest BCUT2D eigenvalue weighted by atomic mass is 10.1. The highest BCUT2D eigenvalue weighted by Crippen LogP contribution is 2.04. The van der Waals surface area contributed by atoms with E-state index in [2.05, 4.69) is 5.32 Å². The average molecular weight is 171 g/mol. The minimum Gasteiger partial charge on any atom is -0.480 e. The minimum absolute atomic E-state index is 0.332. The Kier molecular flexibility index (Phi) is 2.44. The van der Waals surface area contributed by atoms with E-state index < -0.39 is 24.0 Å². The van der Waals surface area contributed by atoms with Crippen LogP contribution < -0.4 is 5.32 Å². The highest BCUT2D eigenvalue weighted by atomic mass is 16.4. The third-order valence-corrected chi connectivity index (χ3v) is 1.65. The van der Waals surface area contributed by atoms with Gasteiger partial charge in [-0.2, -0.15) is 0 Å². The molecule has 2 unspecified atom stereocenters. The van der Waals surface area contributed by atoms with Crippen molar-refractivity contribution in [2.45, 2.75) is 18.5 Å². The van der Waals surface area contributed by atoms with E-state index >= 15 is 0 Å². The molecule has 0 aromatic rings. The van der Waals surface area contributed by atoms with Gasteiger partial charge in [0, 0.05) is 0 Å². The maximum absolute atomic E-state index is 10.4. The number of aliphatic carboxylic acids is 2. The summed E-state index contributed by atoms with van der Waals surface area (Å²) in [6.07, 6.45) is 3.34. The lowest BCUT2D eigenvalue weighted by molar-refractivity contribution is -0.141. The quantitative estimate of drug-likeness (QED) is 0.485. The largest absolute Gasteiger partial charge is 0.480 e. The molecule has 0 radical (unpaired) electrons. The molecule has 0 saturated carbocycles. The molecule has 5 nitrogen and oxygen atoms in total. The van der Waals surface area contributed by atoms with Crippen LogP contribution in [0.1, 0.15) is 6.42 Å². The van der Waals surface area contributed by atoms with Crippen molar-refractivity contribution < 1.29 is 19.8 Å². The predicted octanol–water partition coefficient (Wildman–Crippen LogP) is -0.558. The van der Waals surface area contributed by atoms with Crippen LogP contribution in [-0.4, -0.2) is 34.2 Å². The Balaban J connectivity index is 2.63. The molecule has 0 bridgehead atoms. The zero-order valence-electron chi connectivity index (χ0n) is 6.23. The van der Waals surface area contributed by atoms with Crippen LogP contribution in [0, 0.1) is 0 Å². The van der Waals surface area contributed by atoms with Gasteiger partial charge in [0.25, 0.3) is 0 Å². The number of rotatable bonds is 2. The summed E-state index contributed by atoms with van der Waals surface area (Å²) in [5.74, 6) is -2.08. The fourth-order valence-electron chi connectivity index (χ4n) is 1.02. The molecule has 1 aliphatic rings. The van der Waals surface area contributed by atoms with Gasteiger partial charge in [0.15, 0.2) is 0 Å². The third-order valence-electron chi connectivity index (χ3n) is 1.65. The van der Waals surface area contributed by atoms with Gasteiger partial charge in [-0.1, -0.05) is 12.2 Å². The zero-order valence-corrected chi connectivity index (χ0v) is 6.23. The SMILES string of the molecule is O=C(O)C1C=CCC(C(=O)O)N1. The molecule has 0 saturated heterocycles. The molecule has 1 heterocycles. The van der Waals surface area contributed by atoms with Gasteiger partial charge in [-0.25, -0.2) is 0 Å². The van der Waals surface area contributed by atoms with E-state index in [0.29, 0.717) is 6.42 Å². The van der Waals surface area contributed by atoms with Crippen LogP contribution in [0.4, 0.5) is 0 Å². The average Bonchev–Trinajstić information content (AvgIpc) is 2.04. The molecular weight excluding hydrogens is 162 g/mol. The first-order valence-corrected chi connectivity index (χ1v) is 3.49. The summed E-state index contributed by atoms with van der Waals surface area (Å²) >= 11 is 0. The van der Waals surface area contributed by atoms with Gasteiger partial charge in [-0.15, -0.1) is 0 Å². The number of hydrogen-bond acceptors (Lipinski definition) is 3. The summed E-state index contributed by atoms with van der Waals surface area (Å²) in [7, 11) is 0. The molecule has 12 heavy (non-hydrogen) atoms. The van der Waals surface area contributed by atoms with Crippen molar-refractivity contribution in [2.75, 3.05) is 0 Å². The first-order valence-electron chi connectivity index (χ1n) is 3.49. The highest BCUT2D eigenvalue weighted by Gasteiger charge is 2.25. The van der Waals surface area contributed by atoms with Crippen molar-refractivity contribution in [1.82, 2.24) is 5.32 Å². The van der Waals surface area contributed by atoms with Crippen molar-refractivity contribution in [3.8, 4) is 0 Å². The van der Waals surface area contributed by atoms with Crippen LogP contribution in [0.25, 0.3) is 0 Å². The van der Waals surface area contributed by atoms with Crippen LogP contribution in [0.5, 0.6) is 0 Å². The summed E-state index contributed by atoms with van der Waals surface area (Å²) in [6.45, 7) is 0. The lowest BCUT2D eigenvalue weighted by Crippen LogP contribution is -2.48. The molecule has 66 valence electrons. The maximum Gasteiger partial charge on any atom is 0.324 e. The van der Waals surface area contributed by atoms with Gasteiger partial charge < -0.3 is 10.2 Å². The van der Waals surface area contributed by atoms with Gasteiger partial charge in [-0.3, -0.25) is 14.9 Å². The number of hydrogen-bond donors (Lipinski definition) is 3. The Morgan fingerprint density at radius 2 is 2.00 bits per heavy atom. The van der Waals surface area contributed by atoms with E-state index in [1.165, 1.54) is 6.08 Å². The van der Waals surface area contributed by atoms with E-state index in [-0.39, 0.29) is 0 Å². The van der Waals surface area contributed by atoms with E-state index in [0.717, 1.165) is 0 Å². The Morgan fingerprint density at radius 1 is 1.33 bits per heavy atom. The summed E-state index contributed by atoms with van der Waals surface area (Å²) in [4.78, 5) is 20.8. The maximum atomic E-state index is 10.4. The standard InChI is InChI=1S/C7H9NO4/c9-6(10)4-2-1-3-5(8-4)7(11)12/h1-2,4-5,8H,3H2,(H,9,10)(H,11,12). The Bertz CT molecular complexity index is 236. The monoisotopic (exact) mass is 171 g/mol. The van der Waals surface area contributed by atoms with Gasteiger partial charge in [0.1, 0.15) is 12.1 Å². The van der Waals surface area contributed by atoms with Crippen LogP contribution in [0.3, 0.4) is 0 Å². The summed E-state index contributed by atoms with van der Waals surface area (Å²) in [5, 5.41) is 19.5. The molecule has 0 amide bonds. The van der Waals surface area contributed by atoms with E-state index in [1.807, 2.05) is 0 Å². The fourth-order valence-corrected chi connectivity index (χ4v) is 1.02. The Hall–Kier alpha value is -1.36. The Morgan fingerprint density at radius 3 is 2.50 bits per heavy atom. The molecule has 0 aliphatic carbocycles. The van der Waals surface area contributed by atoms with Crippen LogP contribution in [-0.2, 0) is 9.59 Å². The van der Waals surface area contributed by atoms with Crippen molar-refractivity contribution in [3.63, 3.8) is 0 Å². The van der Waals surface area contributed by atoms with E-state index in [9.17, 15) is 9.59 Å². The lowest BCUT2D eigenvalue weighted by Gasteiger charge is -2.20. The van der Waals surface area contributed by atoms with Gasteiger partial charge >= 0.3 is 11.9 Å². The molecule has 1 rings (SSSR count). The van der Waals surface area contributed by atoms with Crippen molar-refractivity contribution >= 4 is 11.9 Å². The number of carbonyl (C=O) groups is 2. The molecule has 3 N–H and O–H groups in total. The molecule has 2 atom stereocenters. The molecule has 1 aliphatic heterocycles. The van der Waals surface area contributed by atoms with Crippen molar-refractivity contribution in [1.29, 1.82) is 0 Å². The van der Waals surface area contributed by atoms with Crippen LogP contribution in [0.15, 0.2) is 12.2 Å². The second-order valence-electron chi connectivity index (χ2n) is 2.54. The summed E-state index contributed by atoms with van der Waals surface area (Å²) < 4.78 is 0. The summed E-state index contributed by atoms with van der Waals surface area (Å²) in [6, 6.07) is -1.66. The van der Waals surface area contributed by atoms with Gasteiger partial charge in [0.05, 0.1) is 0 Å². The second-order valence-corrected chi connectivity index (χ2v) is 2.54. The number of carboxylic acids is 2. The van der Waals surface area contributed by atoms with Crippen LogP contribution in [0.2, 0.25) is 0 Å². The minimum atomic E-state index is -1.06. The Labute approximate surface area is 68.7 Å². The smallest absolute Gasteiger partial charge is 0.324 e. The first kappa shape index (κ1) is 8.73. The normalized spacial score (nSPS) is 28.3. The number of carboxylic acid groups (broad SMARTS) is 2. The van der Waals surface area contributed by atoms with Gasteiger partial charge in [-0.05, 0) is 6.42 Å². The van der Waals surface area contributed by atoms with Crippen molar-refractivity contribution in [3.05, 3.63) is 12.2 Å². The molecule has 0 aromatic heterocycles. The molecule has 5 heteroatoms. The molecular formula is C7H9NO4. The topological polar surface area (TPSA) is 86.6 Å². The highest BCUT2D eigenvalue weighted by molar-refractivity contribution is 5.79. The molecule has 0 spiro atoms. The van der Waals surface area contributed by atoms with Gasteiger partial charge in [0.2, 0.25) is 0 Å². The first-order chi connectivity index (χ1) is 5.61. The third kappa shape index (κ3) is 1.82. The fraction of sp³-hybridized carbons (Fsp3) is 0.429. The molecule has 0 aromatic carbocycles. The van der Waals surface area contributed by atoms with E-state index in [4.69, 9.17) is 10.2 Å². The molecule has 0 fully saturated rings. The zero-order chi connectivity index (χ0) is 9.14. The summed E-state index contributed by atoms with van der Waals surface area (Å²) in [5.41, 5.74) is 0. The number of nitrogens with one attached hydrogen (secondary N) is 1.